The van der Waals surface area contributed by atoms with E-state index in [9.17, 15) is 25.2 Å². The largest absolute Gasteiger partial charge is 0.394 e. The number of aliphatic hydroxyl groups is 4. The van der Waals surface area contributed by atoms with Crippen molar-refractivity contribution in [2.24, 2.45) is 0 Å². The van der Waals surface area contributed by atoms with Crippen LogP contribution in [0.1, 0.15) is 232 Å². The average Bonchev–Trinajstić information content (AvgIpc) is 3.15. The molecule has 0 aliphatic heterocycles. The number of carbonyl (C=O) groups excluding carboxylic acids is 1. The summed E-state index contributed by atoms with van der Waals surface area (Å²) in [6, 6.07) is -1.00. The predicted octanol–water partition coefficient (Wildman–Crippen LogP) is 12.0. The Hall–Kier alpha value is -1.21. The molecule has 5 N–H and O–H groups in total. The number of amides is 1. The molecule has 0 saturated heterocycles. The van der Waals surface area contributed by atoms with Crippen LogP contribution in [0, 0.1) is 0 Å². The third-order valence-corrected chi connectivity index (χ3v) is 10.6. The summed E-state index contributed by atoms with van der Waals surface area (Å²) >= 11 is 0. The van der Waals surface area contributed by atoms with Gasteiger partial charge < -0.3 is 25.7 Å². The summed E-state index contributed by atoms with van der Waals surface area (Å²) in [5, 5.41) is 43.4. The molecule has 1 amide bonds. The Morgan fingerprint density at radius 3 is 1.21 bits per heavy atom. The van der Waals surface area contributed by atoms with Crippen LogP contribution in [0.25, 0.3) is 0 Å². The van der Waals surface area contributed by atoms with Gasteiger partial charge in [0.15, 0.2) is 0 Å². The molecule has 4 unspecified atom stereocenters. The first kappa shape index (κ1) is 50.8. The van der Waals surface area contributed by atoms with Crippen LogP contribution in [0.15, 0.2) is 24.3 Å². The number of rotatable bonds is 41. The molecule has 0 heterocycles. The second-order valence-corrected chi connectivity index (χ2v) is 15.7. The minimum Gasteiger partial charge on any atom is -0.394 e. The summed E-state index contributed by atoms with van der Waals surface area (Å²) in [4.78, 5) is 12.4. The second-order valence-electron chi connectivity index (χ2n) is 15.7. The fourth-order valence-electron chi connectivity index (χ4n) is 7.01. The van der Waals surface area contributed by atoms with Gasteiger partial charge in [0, 0.05) is 0 Å². The van der Waals surface area contributed by atoms with E-state index in [0.29, 0.717) is 19.3 Å². The second kappa shape index (κ2) is 41.0. The lowest BCUT2D eigenvalue weighted by Gasteiger charge is -2.27. The van der Waals surface area contributed by atoms with Crippen LogP contribution in [0.5, 0.6) is 0 Å². The lowest BCUT2D eigenvalue weighted by Crippen LogP contribution is -2.53. The highest BCUT2D eigenvalue weighted by Gasteiger charge is 2.28. The van der Waals surface area contributed by atoms with Crippen LogP contribution in [0.2, 0.25) is 0 Å². The summed E-state index contributed by atoms with van der Waals surface area (Å²) in [7, 11) is 0. The van der Waals surface area contributed by atoms with Crippen molar-refractivity contribution < 1.29 is 25.2 Å². The number of allylic oxidation sites excluding steroid dienone is 4. The van der Waals surface area contributed by atoms with Gasteiger partial charge in [-0.2, -0.15) is 0 Å². The van der Waals surface area contributed by atoms with Gasteiger partial charge in [-0.05, 0) is 51.4 Å². The zero-order chi connectivity index (χ0) is 38.2. The van der Waals surface area contributed by atoms with Gasteiger partial charge in [0.1, 0.15) is 12.2 Å². The van der Waals surface area contributed by atoms with Crippen LogP contribution in [0.4, 0.5) is 0 Å². The van der Waals surface area contributed by atoms with Crippen molar-refractivity contribution in [2.45, 2.75) is 257 Å². The zero-order valence-corrected chi connectivity index (χ0v) is 34.6. The smallest absolute Gasteiger partial charge is 0.249 e. The van der Waals surface area contributed by atoms with Crippen LogP contribution < -0.4 is 5.32 Å². The molecule has 0 aromatic heterocycles. The minimum atomic E-state index is -1.28. The van der Waals surface area contributed by atoms with E-state index < -0.39 is 36.9 Å². The summed E-state index contributed by atoms with van der Waals surface area (Å²) in [5.41, 5.74) is 0. The number of aliphatic hydroxyl groups excluding tert-OH is 4. The van der Waals surface area contributed by atoms with Gasteiger partial charge in [-0.25, -0.2) is 0 Å². The molecule has 4 atom stereocenters. The van der Waals surface area contributed by atoms with Gasteiger partial charge in [0.25, 0.3) is 0 Å². The van der Waals surface area contributed by atoms with E-state index in [1.807, 2.05) is 0 Å². The first-order valence-corrected chi connectivity index (χ1v) is 22.7. The van der Waals surface area contributed by atoms with Crippen molar-refractivity contribution >= 4 is 5.91 Å². The van der Waals surface area contributed by atoms with Crippen LogP contribution in [0.3, 0.4) is 0 Å². The van der Waals surface area contributed by atoms with Gasteiger partial charge in [-0.15, -0.1) is 0 Å². The molecule has 52 heavy (non-hydrogen) atoms. The topological polar surface area (TPSA) is 110 Å². The molecule has 0 spiro atoms. The normalized spacial score (nSPS) is 14.3. The van der Waals surface area contributed by atoms with Crippen molar-refractivity contribution in [3.63, 3.8) is 0 Å². The molecule has 308 valence electrons. The van der Waals surface area contributed by atoms with Crippen molar-refractivity contribution in [1.82, 2.24) is 5.32 Å². The van der Waals surface area contributed by atoms with E-state index in [0.717, 1.165) is 38.5 Å². The van der Waals surface area contributed by atoms with Gasteiger partial charge in [0.05, 0.1) is 18.8 Å². The molecule has 0 aromatic rings. The van der Waals surface area contributed by atoms with E-state index in [1.165, 1.54) is 161 Å². The molecule has 0 radical (unpaired) electrons. The maximum atomic E-state index is 12.4. The van der Waals surface area contributed by atoms with Crippen molar-refractivity contribution in [3.05, 3.63) is 24.3 Å². The highest BCUT2D eigenvalue weighted by molar-refractivity contribution is 5.80. The Labute approximate surface area is 323 Å². The molecular weight excluding hydrogens is 647 g/mol. The van der Waals surface area contributed by atoms with Crippen molar-refractivity contribution in [1.29, 1.82) is 0 Å². The number of carbonyl (C=O) groups is 1. The summed E-state index contributed by atoms with van der Waals surface area (Å²) in [5.74, 6) is -0.601. The van der Waals surface area contributed by atoms with E-state index in [4.69, 9.17) is 0 Å². The molecule has 6 heteroatoms. The molecule has 0 aliphatic carbocycles. The Kier molecular flexibility index (Phi) is 40.0. The predicted molar refractivity (Wildman–Crippen MR) is 224 cm³/mol. The molecule has 0 aromatic carbocycles. The van der Waals surface area contributed by atoms with Crippen molar-refractivity contribution in [3.8, 4) is 0 Å². The minimum absolute atomic E-state index is 0.360. The lowest BCUT2D eigenvalue weighted by atomic mass is 10.00. The Morgan fingerprint density at radius 2 is 0.808 bits per heavy atom. The summed E-state index contributed by atoms with van der Waals surface area (Å²) < 4.78 is 0. The van der Waals surface area contributed by atoms with Gasteiger partial charge in [0.2, 0.25) is 5.91 Å². The first-order chi connectivity index (χ1) is 25.5. The molecule has 0 aliphatic rings. The molecule has 0 bridgehead atoms. The number of nitrogens with one attached hydrogen (secondary N) is 1. The third kappa shape index (κ3) is 34.6. The van der Waals surface area contributed by atoms with Gasteiger partial charge in [-0.1, -0.05) is 205 Å². The van der Waals surface area contributed by atoms with E-state index in [2.05, 4.69) is 43.5 Å². The van der Waals surface area contributed by atoms with Crippen LogP contribution in [-0.4, -0.2) is 57.3 Å². The molecule has 0 rings (SSSR count). The number of unbranched alkanes of at least 4 members (excludes halogenated alkanes) is 28. The number of hydrogen-bond acceptors (Lipinski definition) is 5. The quantitative estimate of drug-likeness (QED) is 0.0317. The van der Waals surface area contributed by atoms with E-state index >= 15 is 0 Å². The lowest BCUT2D eigenvalue weighted by molar-refractivity contribution is -0.132. The molecule has 6 nitrogen and oxygen atoms in total. The highest BCUT2D eigenvalue weighted by Crippen LogP contribution is 2.16. The Balaban J connectivity index is 3.66. The Morgan fingerprint density at radius 1 is 0.462 bits per heavy atom. The monoisotopic (exact) mass is 736 g/mol. The summed E-state index contributed by atoms with van der Waals surface area (Å²) in [6.07, 6.45) is 46.8. The van der Waals surface area contributed by atoms with Crippen LogP contribution >= 0.6 is 0 Å². The highest BCUT2D eigenvalue weighted by atomic mass is 16.3. The molecule has 0 fully saturated rings. The average molecular weight is 736 g/mol. The van der Waals surface area contributed by atoms with E-state index in [-0.39, 0.29) is 0 Å². The molecule has 0 saturated carbocycles. The SMILES string of the molecule is CCCCCCCCCCCCCCCCCCCCC/C=C/CC/C=C/CCCC(O)C(O)C(CO)NC(=O)C(O)CCCCCCCCCC. The van der Waals surface area contributed by atoms with Crippen LogP contribution in [-0.2, 0) is 4.79 Å². The zero-order valence-electron chi connectivity index (χ0n) is 34.6. The fourth-order valence-corrected chi connectivity index (χ4v) is 7.01. The number of hydrogen-bond donors (Lipinski definition) is 5. The molecular formula is C46H89NO5. The maximum Gasteiger partial charge on any atom is 0.249 e. The first-order valence-electron chi connectivity index (χ1n) is 22.7. The van der Waals surface area contributed by atoms with Crippen molar-refractivity contribution in [2.75, 3.05) is 6.61 Å². The fraction of sp³-hybridized carbons (Fsp3) is 0.891. The Bertz CT molecular complexity index is 787. The van der Waals surface area contributed by atoms with E-state index in [1.54, 1.807) is 0 Å². The van der Waals surface area contributed by atoms with Gasteiger partial charge in [-0.3, -0.25) is 4.79 Å². The summed E-state index contributed by atoms with van der Waals surface area (Å²) in [6.45, 7) is 4.00. The third-order valence-electron chi connectivity index (χ3n) is 10.6. The maximum absolute atomic E-state index is 12.4. The van der Waals surface area contributed by atoms with Gasteiger partial charge >= 0.3 is 0 Å². The standard InChI is InChI=1S/C46H89NO5/c1-3-5-7-9-11-13-14-15-16-17-18-19-20-21-22-23-24-25-26-27-28-29-30-31-32-34-35-37-39-43(49)45(51)42(41-48)47-46(52)44(50)40-38-36-33-12-10-8-6-4-2/h28-29,32,34,42-45,48-51H,3-27,30-31,33,35-41H2,1-2H3,(H,47,52)/b29-28+,34-32+.